The third-order valence-electron chi connectivity index (χ3n) is 3.44. The number of hydrogen-bond acceptors (Lipinski definition) is 3. The molecule has 110 valence electrons. The van der Waals surface area contributed by atoms with Crippen molar-refractivity contribution in [3.8, 4) is 0 Å². The van der Waals surface area contributed by atoms with Crippen LogP contribution >= 0.6 is 15.9 Å². The van der Waals surface area contributed by atoms with E-state index in [1.54, 1.807) is 30.3 Å². The highest BCUT2D eigenvalue weighted by atomic mass is 79.9. The van der Waals surface area contributed by atoms with Gasteiger partial charge in [-0.15, -0.1) is 0 Å². The molecular weight excluding hydrogens is 352 g/mol. The fraction of sp³-hybridized carbons (Fsp3) is 0.200. The molecule has 2 aromatic carbocycles. The number of para-hydroxylation sites is 1. The Labute approximate surface area is 132 Å². The van der Waals surface area contributed by atoms with Crippen LogP contribution in [0.3, 0.4) is 0 Å². The molecule has 3 rings (SSSR count). The number of fused-ring (bicyclic) bond motifs is 1. The summed E-state index contributed by atoms with van der Waals surface area (Å²) in [6.07, 6.45) is 1.93. The molecule has 0 amide bonds. The molecule has 1 aliphatic rings. The van der Waals surface area contributed by atoms with Crippen molar-refractivity contribution in [2.75, 3.05) is 16.6 Å². The maximum atomic E-state index is 12.5. The van der Waals surface area contributed by atoms with Crippen molar-refractivity contribution in [3.63, 3.8) is 0 Å². The lowest BCUT2D eigenvalue weighted by molar-refractivity contribution is 0.601. The van der Waals surface area contributed by atoms with E-state index in [1.807, 2.05) is 12.1 Å². The summed E-state index contributed by atoms with van der Waals surface area (Å²) in [6, 6.07) is 12.4. The second-order valence-corrected chi connectivity index (χ2v) is 7.47. The highest BCUT2D eigenvalue weighted by Crippen LogP contribution is 2.28. The SMILES string of the molecule is O=S(=O)(Nc1ccccc1Br)c1ccc2c(c1)CCCN2. The van der Waals surface area contributed by atoms with Crippen LogP contribution in [0.5, 0.6) is 0 Å². The molecule has 2 aromatic rings. The van der Waals surface area contributed by atoms with Crippen LogP contribution in [0.1, 0.15) is 12.0 Å². The van der Waals surface area contributed by atoms with Crippen molar-refractivity contribution >= 4 is 37.3 Å². The largest absolute Gasteiger partial charge is 0.385 e. The van der Waals surface area contributed by atoms with E-state index < -0.39 is 10.0 Å². The zero-order chi connectivity index (χ0) is 14.9. The van der Waals surface area contributed by atoms with Gasteiger partial charge in [0.1, 0.15) is 0 Å². The minimum atomic E-state index is -3.58. The first-order valence-electron chi connectivity index (χ1n) is 6.70. The highest BCUT2D eigenvalue weighted by molar-refractivity contribution is 9.10. The zero-order valence-corrected chi connectivity index (χ0v) is 13.7. The van der Waals surface area contributed by atoms with Gasteiger partial charge in [0.2, 0.25) is 0 Å². The van der Waals surface area contributed by atoms with Gasteiger partial charge in [0.15, 0.2) is 0 Å². The van der Waals surface area contributed by atoms with Crippen LogP contribution in [0.4, 0.5) is 11.4 Å². The molecule has 0 aliphatic carbocycles. The van der Waals surface area contributed by atoms with E-state index >= 15 is 0 Å². The van der Waals surface area contributed by atoms with E-state index in [2.05, 4.69) is 26.0 Å². The normalized spacial score (nSPS) is 14.1. The quantitative estimate of drug-likeness (QED) is 0.872. The lowest BCUT2D eigenvalue weighted by atomic mass is 10.0. The molecule has 1 aliphatic heterocycles. The van der Waals surface area contributed by atoms with Crippen molar-refractivity contribution in [3.05, 3.63) is 52.5 Å². The van der Waals surface area contributed by atoms with Gasteiger partial charge in [-0.1, -0.05) is 12.1 Å². The summed E-state index contributed by atoms with van der Waals surface area (Å²) >= 11 is 3.34. The molecular formula is C15H15BrN2O2S. The summed E-state index contributed by atoms with van der Waals surface area (Å²) in [7, 11) is -3.58. The lowest BCUT2D eigenvalue weighted by Gasteiger charge is -2.19. The Bertz CT molecular complexity index is 775. The van der Waals surface area contributed by atoms with Gasteiger partial charge in [0.25, 0.3) is 10.0 Å². The van der Waals surface area contributed by atoms with Crippen LogP contribution in [0.15, 0.2) is 51.8 Å². The van der Waals surface area contributed by atoms with Crippen LogP contribution in [0, 0.1) is 0 Å². The van der Waals surface area contributed by atoms with Gasteiger partial charge in [-0.25, -0.2) is 8.42 Å². The van der Waals surface area contributed by atoms with Crippen LogP contribution < -0.4 is 10.0 Å². The van der Waals surface area contributed by atoms with Crippen molar-refractivity contribution in [2.24, 2.45) is 0 Å². The average molecular weight is 367 g/mol. The van der Waals surface area contributed by atoms with E-state index in [-0.39, 0.29) is 0 Å². The van der Waals surface area contributed by atoms with Gasteiger partial charge >= 0.3 is 0 Å². The number of aryl methyl sites for hydroxylation is 1. The van der Waals surface area contributed by atoms with Crippen molar-refractivity contribution in [1.82, 2.24) is 0 Å². The predicted molar refractivity (Wildman–Crippen MR) is 88.2 cm³/mol. The van der Waals surface area contributed by atoms with E-state index in [0.29, 0.717) is 15.1 Å². The number of sulfonamides is 1. The molecule has 0 fully saturated rings. The Morgan fingerprint density at radius 2 is 1.95 bits per heavy atom. The lowest BCUT2D eigenvalue weighted by Crippen LogP contribution is -2.16. The monoisotopic (exact) mass is 366 g/mol. The van der Waals surface area contributed by atoms with Crippen LogP contribution in [-0.4, -0.2) is 15.0 Å². The minimum absolute atomic E-state index is 0.292. The van der Waals surface area contributed by atoms with Crippen LogP contribution in [0.25, 0.3) is 0 Å². The number of benzene rings is 2. The summed E-state index contributed by atoms with van der Waals surface area (Å²) < 4.78 is 28.3. The molecule has 0 bridgehead atoms. The van der Waals surface area contributed by atoms with E-state index in [0.717, 1.165) is 30.6 Å². The Morgan fingerprint density at radius 3 is 2.76 bits per heavy atom. The number of anilines is 2. The molecule has 0 spiro atoms. The van der Waals surface area contributed by atoms with Crippen molar-refractivity contribution < 1.29 is 8.42 Å². The smallest absolute Gasteiger partial charge is 0.261 e. The van der Waals surface area contributed by atoms with Gasteiger partial charge in [-0.2, -0.15) is 0 Å². The topological polar surface area (TPSA) is 58.2 Å². The molecule has 6 heteroatoms. The van der Waals surface area contributed by atoms with E-state index in [4.69, 9.17) is 0 Å². The zero-order valence-electron chi connectivity index (χ0n) is 11.3. The first kappa shape index (κ1) is 14.4. The van der Waals surface area contributed by atoms with Crippen molar-refractivity contribution in [1.29, 1.82) is 0 Å². The molecule has 4 nitrogen and oxygen atoms in total. The third-order valence-corrected chi connectivity index (χ3v) is 5.50. The molecule has 21 heavy (non-hydrogen) atoms. The van der Waals surface area contributed by atoms with Crippen molar-refractivity contribution in [2.45, 2.75) is 17.7 Å². The Morgan fingerprint density at radius 1 is 1.14 bits per heavy atom. The van der Waals surface area contributed by atoms with Gasteiger partial charge in [0, 0.05) is 16.7 Å². The molecule has 2 N–H and O–H groups in total. The summed E-state index contributed by atoms with van der Waals surface area (Å²) in [5.74, 6) is 0. The predicted octanol–water partition coefficient (Wildman–Crippen LogP) is 3.61. The number of halogens is 1. The fourth-order valence-corrected chi connectivity index (χ4v) is 4.01. The summed E-state index contributed by atoms with van der Waals surface area (Å²) in [4.78, 5) is 0.292. The molecule has 1 heterocycles. The Balaban J connectivity index is 1.93. The second-order valence-electron chi connectivity index (χ2n) is 4.93. The molecule has 0 aromatic heterocycles. The molecule has 0 radical (unpaired) electrons. The molecule has 0 saturated heterocycles. The average Bonchev–Trinajstić information content (AvgIpc) is 2.49. The van der Waals surface area contributed by atoms with Gasteiger partial charge in [0.05, 0.1) is 10.6 Å². The minimum Gasteiger partial charge on any atom is -0.385 e. The molecule has 0 saturated carbocycles. The summed E-state index contributed by atoms with van der Waals surface area (Å²) in [5.41, 5.74) is 2.62. The first-order chi connectivity index (χ1) is 10.1. The summed E-state index contributed by atoms with van der Waals surface area (Å²) in [6.45, 7) is 0.939. The maximum absolute atomic E-state index is 12.5. The van der Waals surface area contributed by atoms with E-state index in [9.17, 15) is 8.42 Å². The first-order valence-corrected chi connectivity index (χ1v) is 8.98. The van der Waals surface area contributed by atoms with Gasteiger partial charge in [-0.05, 0) is 64.7 Å². The van der Waals surface area contributed by atoms with E-state index in [1.165, 1.54) is 0 Å². The number of rotatable bonds is 3. The van der Waals surface area contributed by atoms with Gasteiger partial charge in [-0.3, -0.25) is 4.72 Å². The number of nitrogens with one attached hydrogen (secondary N) is 2. The fourth-order valence-electron chi connectivity index (χ4n) is 2.37. The Hall–Kier alpha value is -1.53. The summed E-state index contributed by atoms with van der Waals surface area (Å²) in [5, 5.41) is 3.28. The third kappa shape index (κ3) is 3.06. The Kier molecular flexibility index (Phi) is 3.91. The molecule has 0 unspecified atom stereocenters. The van der Waals surface area contributed by atoms with Crippen LogP contribution in [0.2, 0.25) is 0 Å². The molecule has 0 atom stereocenters. The van der Waals surface area contributed by atoms with Crippen LogP contribution in [-0.2, 0) is 16.4 Å². The maximum Gasteiger partial charge on any atom is 0.261 e. The number of hydrogen-bond donors (Lipinski definition) is 2. The van der Waals surface area contributed by atoms with Gasteiger partial charge < -0.3 is 5.32 Å². The second kappa shape index (κ2) is 5.69. The highest BCUT2D eigenvalue weighted by Gasteiger charge is 2.18. The standard InChI is InChI=1S/C15H15BrN2O2S/c16-13-5-1-2-6-15(13)18-21(19,20)12-7-8-14-11(10-12)4-3-9-17-14/h1-2,5-8,10,17-18H,3-4,9H2.